The molecular formula is C31H40N6O3. The van der Waals surface area contributed by atoms with E-state index in [1.807, 2.05) is 28.0 Å². The van der Waals surface area contributed by atoms with Gasteiger partial charge in [0.05, 0.1) is 13.0 Å². The van der Waals surface area contributed by atoms with Gasteiger partial charge in [-0.2, -0.15) is 5.10 Å². The topological polar surface area (TPSA) is 80.7 Å². The number of benzene rings is 2. The number of amides is 2. The van der Waals surface area contributed by atoms with E-state index < -0.39 is 0 Å². The van der Waals surface area contributed by atoms with E-state index in [9.17, 15) is 9.59 Å². The Morgan fingerprint density at radius 3 is 2.60 bits per heavy atom. The van der Waals surface area contributed by atoms with E-state index in [4.69, 9.17) is 9.84 Å². The van der Waals surface area contributed by atoms with Crippen LogP contribution >= 0.6 is 0 Å². The van der Waals surface area contributed by atoms with Gasteiger partial charge >= 0.3 is 0 Å². The number of anilines is 1. The molecule has 3 atom stereocenters. The molecule has 1 N–H and O–H groups in total. The Kier molecular flexibility index (Phi) is 7.54. The second-order valence-electron chi connectivity index (χ2n) is 11.4. The molecule has 9 heteroatoms. The minimum absolute atomic E-state index is 0.0130. The van der Waals surface area contributed by atoms with Crippen LogP contribution in [0.15, 0.2) is 53.6 Å². The van der Waals surface area contributed by atoms with Crippen molar-refractivity contribution in [1.82, 2.24) is 20.1 Å². The summed E-state index contributed by atoms with van der Waals surface area (Å²) in [6.45, 7) is 5.64. The first-order valence-electron chi connectivity index (χ1n) is 14.6. The van der Waals surface area contributed by atoms with Crippen LogP contribution in [0.5, 0.6) is 5.75 Å². The summed E-state index contributed by atoms with van der Waals surface area (Å²) in [7, 11) is 1.68. The second-order valence-corrected chi connectivity index (χ2v) is 11.4. The van der Waals surface area contributed by atoms with Gasteiger partial charge in [0, 0.05) is 63.4 Å². The molecule has 3 aliphatic heterocycles. The number of hydrazone groups is 1. The molecule has 2 aromatic carbocycles. The number of hydrogen-bond acceptors (Lipinski definition) is 7. The third-order valence-corrected chi connectivity index (χ3v) is 8.94. The van der Waals surface area contributed by atoms with Gasteiger partial charge in [0.15, 0.2) is 6.29 Å². The van der Waals surface area contributed by atoms with E-state index >= 15 is 0 Å². The van der Waals surface area contributed by atoms with Crippen molar-refractivity contribution in [2.24, 2.45) is 11.0 Å². The van der Waals surface area contributed by atoms with Crippen molar-refractivity contribution >= 4 is 23.3 Å². The van der Waals surface area contributed by atoms with Crippen molar-refractivity contribution in [1.29, 1.82) is 0 Å². The van der Waals surface area contributed by atoms with Gasteiger partial charge in [0.25, 0.3) is 0 Å². The molecule has 40 heavy (non-hydrogen) atoms. The molecule has 2 amide bonds. The van der Waals surface area contributed by atoms with Crippen LogP contribution in [0.1, 0.15) is 49.7 Å². The third-order valence-electron chi connectivity index (χ3n) is 8.94. The Bertz CT molecular complexity index is 1260. The molecule has 2 saturated heterocycles. The lowest BCUT2D eigenvalue weighted by atomic mass is 9.80. The number of piperazine rings is 1. The van der Waals surface area contributed by atoms with E-state index in [0.717, 1.165) is 61.6 Å². The smallest absolute Gasteiger partial charge is 0.231 e. The first-order valence-corrected chi connectivity index (χ1v) is 14.6. The van der Waals surface area contributed by atoms with Crippen LogP contribution in [0.2, 0.25) is 0 Å². The number of carbonyl (C=O) groups is 2. The molecular weight excluding hydrogens is 504 g/mol. The highest BCUT2D eigenvalue weighted by atomic mass is 16.5. The normalized spacial score (nSPS) is 24.3. The molecule has 2 aromatic rings. The number of methoxy groups -OCH3 is 1. The Labute approximate surface area is 236 Å². The molecule has 0 aromatic heterocycles. The molecule has 0 radical (unpaired) electrons. The van der Waals surface area contributed by atoms with Crippen molar-refractivity contribution in [3.05, 3.63) is 59.7 Å². The average molecular weight is 545 g/mol. The summed E-state index contributed by atoms with van der Waals surface area (Å²) in [5.74, 6) is 2.13. The number of nitrogens with one attached hydrogen (secondary N) is 1. The van der Waals surface area contributed by atoms with Gasteiger partial charge in [-0.25, -0.2) is 0 Å². The highest BCUT2D eigenvalue weighted by Crippen LogP contribution is 2.38. The van der Waals surface area contributed by atoms with Crippen molar-refractivity contribution in [2.75, 3.05) is 38.2 Å². The second kappa shape index (κ2) is 11.4. The lowest BCUT2D eigenvalue weighted by molar-refractivity contribution is -0.156. The van der Waals surface area contributed by atoms with Gasteiger partial charge < -0.3 is 19.4 Å². The molecule has 4 aliphatic rings. The first-order chi connectivity index (χ1) is 19.5. The number of aryl methyl sites for hydroxylation is 1. The molecule has 0 spiro atoms. The lowest BCUT2D eigenvalue weighted by Crippen LogP contribution is -2.67. The van der Waals surface area contributed by atoms with E-state index in [0.29, 0.717) is 32.5 Å². The average Bonchev–Trinajstić information content (AvgIpc) is 3.43. The molecule has 9 nitrogen and oxygen atoms in total. The molecule has 0 bridgehead atoms. The fourth-order valence-electron chi connectivity index (χ4n) is 6.69. The molecule has 212 valence electrons. The van der Waals surface area contributed by atoms with E-state index in [2.05, 4.69) is 52.5 Å². The van der Waals surface area contributed by atoms with Gasteiger partial charge in [-0.3, -0.25) is 19.9 Å². The first kappa shape index (κ1) is 26.5. The molecule has 1 saturated carbocycles. The van der Waals surface area contributed by atoms with Crippen molar-refractivity contribution in [3.63, 3.8) is 0 Å². The summed E-state index contributed by atoms with van der Waals surface area (Å²) in [4.78, 5) is 35.5. The standard InChI is InChI=1S/C31H40N6O3/c1-22-10-12-23(13-11-22)21-36-30(39)26-8-3-4-9-27(26)37-28(32-33-31(36)37)14-15-29(38)35-18-16-34(17-19-35)24-6-5-7-25(20-24)40-2/h5-7,10-13,20,26-27,31,33H,3-4,8-9,14-19,21H2,1-2H3. The van der Waals surface area contributed by atoms with Crippen molar-refractivity contribution < 1.29 is 14.3 Å². The van der Waals surface area contributed by atoms with Gasteiger partial charge in [-0.1, -0.05) is 48.7 Å². The van der Waals surface area contributed by atoms with Crippen LogP contribution in [0.3, 0.4) is 0 Å². The van der Waals surface area contributed by atoms with Crippen LogP contribution in [-0.4, -0.2) is 78.0 Å². The van der Waals surface area contributed by atoms with Crippen LogP contribution in [0, 0.1) is 12.8 Å². The van der Waals surface area contributed by atoms with E-state index in [1.54, 1.807) is 7.11 Å². The quantitative estimate of drug-likeness (QED) is 0.575. The van der Waals surface area contributed by atoms with Crippen LogP contribution in [0.25, 0.3) is 0 Å². The zero-order chi connectivity index (χ0) is 27.6. The number of nitrogens with zero attached hydrogens (tertiary/aromatic N) is 5. The highest BCUT2D eigenvalue weighted by Gasteiger charge is 2.50. The summed E-state index contributed by atoms with van der Waals surface area (Å²) < 4.78 is 5.37. The molecule has 6 rings (SSSR count). The Morgan fingerprint density at radius 2 is 1.82 bits per heavy atom. The Balaban J connectivity index is 1.09. The largest absolute Gasteiger partial charge is 0.497 e. The van der Waals surface area contributed by atoms with Gasteiger partial charge in [-0.15, -0.1) is 0 Å². The summed E-state index contributed by atoms with van der Waals surface area (Å²) >= 11 is 0. The fourth-order valence-corrected chi connectivity index (χ4v) is 6.69. The molecule has 3 unspecified atom stereocenters. The van der Waals surface area contributed by atoms with Crippen molar-refractivity contribution in [2.45, 2.75) is 64.3 Å². The van der Waals surface area contributed by atoms with E-state index in [-0.39, 0.29) is 30.1 Å². The monoisotopic (exact) mass is 544 g/mol. The summed E-state index contributed by atoms with van der Waals surface area (Å²) in [5, 5.41) is 4.70. The molecule has 1 aliphatic carbocycles. The maximum atomic E-state index is 13.7. The third kappa shape index (κ3) is 5.21. The van der Waals surface area contributed by atoms with Gasteiger partial charge in [0.2, 0.25) is 11.8 Å². The maximum absolute atomic E-state index is 13.7. The van der Waals surface area contributed by atoms with Crippen LogP contribution < -0.4 is 15.1 Å². The number of carbonyl (C=O) groups excluding carboxylic acids is 2. The number of amidine groups is 1. The number of fused-ring (bicyclic) bond motifs is 3. The SMILES string of the molecule is COc1cccc(N2CCN(C(=O)CCC3=NNC4N(Cc5ccc(C)cc5)C(=O)C5CCCCC5N34)CC2)c1. The minimum atomic E-state index is -0.287. The zero-order valence-electron chi connectivity index (χ0n) is 23.6. The fraction of sp³-hybridized carbons (Fsp3) is 0.516. The zero-order valence-corrected chi connectivity index (χ0v) is 23.6. The Morgan fingerprint density at radius 1 is 1.05 bits per heavy atom. The number of rotatable bonds is 7. The maximum Gasteiger partial charge on any atom is 0.231 e. The Hall–Kier alpha value is -3.75. The predicted octanol–water partition coefficient (Wildman–Crippen LogP) is 3.54. The molecule has 3 fully saturated rings. The van der Waals surface area contributed by atoms with Crippen LogP contribution in [-0.2, 0) is 16.1 Å². The number of hydrogen-bond donors (Lipinski definition) is 1. The number of ether oxygens (including phenoxy) is 1. The summed E-state index contributed by atoms with van der Waals surface area (Å²) in [5.41, 5.74) is 6.72. The molecule has 3 heterocycles. The lowest BCUT2D eigenvalue weighted by Gasteiger charge is -2.50. The minimum Gasteiger partial charge on any atom is -0.497 e. The van der Waals surface area contributed by atoms with E-state index in [1.165, 1.54) is 5.56 Å². The van der Waals surface area contributed by atoms with Crippen LogP contribution in [0.4, 0.5) is 5.69 Å². The van der Waals surface area contributed by atoms with Gasteiger partial charge in [0.1, 0.15) is 11.6 Å². The predicted molar refractivity (Wildman–Crippen MR) is 155 cm³/mol. The summed E-state index contributed by atoms with van der Waals surface area (Å²) in [6, 6.07) is 16.6. The van der Waals surface area contributed by atoms with Crippen molar-refractivity contribution in [3.8, 4) is 5.75 Å². The van der Waals surface area contributed by atoms with Gasteiger partial charge in [-0.05, 0) is 37.5 Å². The highest BCUT2D eigenvalue weighted by molar-refractivity contribution is 5.91. The summed E-state index contributed by atoms with van der Waals surface area (Å²) in [6.07, 6.45) is 4.83.